The van der Waals surface area contributed by atoms with Crippen LogP contribution in [0.1, 0.15) is 41.0 Å². The average Bonchev–Trinajstić information content (AvgIpc) is 2.26. The summed E-state index contributed by atoms with van der Waals surface area (Å²) in [6, 6.07) is 0.918. The van der Waals surface area contributed by atoms with E-state index in [0.29, 0.717) is 18.6 Å². The molecule has 0 radical (unpaired) electrons. The summed E-state index contributed by atoms with van der Waals surface area (Å²) in [5.41, 5.74) is 0. The van der Waals surface area contributed by atoms with Gasteiger partial charge in [-0.25, -0.2) is 8.42 Å². The monoisotopic (exact) mass is 276 g/mol. The summed E-state index contributed by atoms with van der Waals surface area (Å²) in [5, 5.41) is 3.48. The van der Waals surface area contributed by atoms with Crippen molar-refractivity contribution in [3.05, 3.63) is 0 Å². The summed E-state index contributed by atoms with van der Waals surface area (Å²) in [5.74, 6) is 0.261. The molecule has 18 heavy (non-hydrogen) atoms. The Labute approximate surface area is 112 Å². The van der Waals surface area contributed by atoms with E-state index >= 15 is 0 Å². The van der Waals surface area contributed by atoms with Crippen LogP contribution in [-0.4, -0.2) is 55.5 Å². The second-order valence-electron chi connectivity index (χ2n) is 6.29. The lowest BCUT2D eigenvalue weighted by atomic mass is 10.1. The van der Waals surface area contributed by atoms with Crippen LogP contribution in [0.3, 0.4) is 0 Å². The molecule has 0 spiro atoms. The van der Waals surface area contributed by atoms with Gasteiger partial charge in [0, 0.05) is 31.7 Å². The fourth-order valence-electron chi connectivity index (χ4n) is 2.12. The van der Waals surface area contributed by atoms with Crippen molar-refractivity contribution in [2.24, 2.45) is 0 Å². The van der Waals surface area contributed by atoms with Crippen molar-refractivity contribution >= 4 is 9.84 Å². The van der Waals surface area contributed by atoms with E-state index in [-0.39, 0.29) is 5.75 Å². The van der Waals surface area contributed by atoms with Gasteiger partial charge in [0.15, 0.2) is 9.84 Å². The Kier molecular flexibility index (Phi) is 5.21. The first-order chi connectivity index (χ1) is 8.17. The van der Waals surface area contributed by atoms with Crippen LogP contribution in [0.15, 0.2) is 0 Å². The van der Waals surface area contributed by atoms with Crippen LogP contribution in [-0.2, 0) is 9.84 Å². The molecule has 0 aromatic rings. The zero-order valence-corrected chi connectivity index (χ0v) is 13.2. The standard InChI is InChI=1S/C13H28N2O2S/c1-6-12-10-15(11(2)9-14-12)7-8-18(16,17)13(3,4)5/h11-12,14H,6-10H2,1-5H3. The van der Waals surface area contributed by atoms with Crippen molar-refractivity contribution < 1.29 is 8.42 Å². The molecule has 2 unspecified atom stereocenters. The summed E-state index contributed by atoms with van der Waals surface area (Å²) in [4.78, 5) is 2.30. The Bertz CT molecular complexity index is 360. The van der Waals surface area contributed by atoms with E-state index in [2.05, 4.69) is 24.1 Å². The van der Waals surface area contributed by atoms with Crippen LogP contribution in [0.25, 0.3) is 0 Å². The molecule has 1 heterocycles. The van der Waals surface area contributed by atoms with Crippen LogP contribution in [0.4, 0.5) is 0 Å². The first-order valence-corrected chi connectivity index (χ1v) is 8.52. The number of hydrogen-bond acceptors (Lipinski definition) is 4. The van der Waals surface area contributed by atoms with E-state index in [4.69, 9.17) is 0 Å². The maximum absolute atomic E-state index is 12.1. The molecule has 1 saturated heterocycles. The van der Waals surface area contributed by atoms with Crippen molar-refractivity contribution in [2.75, 3.05) is 25.4 Å². The Morgan fingerprint density at radius 2 is 1.94 bits per heavy atom. The van der Waals surface area contributed by atoms with Crippen molar-refractivity contribution in [2.45, 2.75) is 57.9 Å². The number of sulfone groups is 1. The largest absolute Gasteiger partial charge is 0.311 e. The lowest BCUT2D eigenvalue weighted by Crippen LogP contribution is -2.56. The fourth-order valence-corrected chi connectivity index (χ4v) is 3.21. The third kappa shape index (κ3) is 3.93. The van der Waals surface area contributed by atoms with Crippen molar-refractivity contribution in [3.8, 4) is 0 Å². The van der Waals surface area contributed by atoms with E-state index in [1.165, 1.54) is 0 Å². The van der Waals surface area contributed by atoms with Crippen LogP contribution in [0, 0.1) is 0 Å². The molecule has 2 atom stereocenters. The molecule has 0 aliphatic carbocycles. The lowest BCUT2D eigenvalue weighted by Gasteiger charge is -2.38. The van der Waals surface area contributed by atoms with E-state index in [0.717, 1.165) is 19.5 Å². The predicted molar refractivity (Wildman–Crippen MR) is 76.7 cm³/mol. The second-order valence-corrected chi connectivity index (χ2v) is 9.15. The molecule has 4 nitrogen and oxygen atoms in total. The SMILES string of the molecule is CCC1CN(CCS(=O)(=O)C(C)(C)C)C(C)CN1. The Hall–Kier alpha value is -0.130. The Morgan fingerprint density at radius 1 is 1.33 bits per heavy atom. The van der Waals surface area contributed by atoms with E-state index < -0.39 is 14.6 Å². The van der Waals surface area contributed by atoms with Gasteiger partial charge in [-0.05, 0) is 34.1 Å². The van der Waals surface area contributed by atoms with Crippen molar-refractivity contribution in [1.82, 2.24) is 10.2 Å². The van der Waals surface area contributed by atoms with Gasteiger partial charge < -0.3 is 5.32 Å². The minimum absolute atomic E-state index is 0.261. The third-order valence-electron chi connectivity index (χ3n) is 3.85. The number of nitrogens with zero attached hydrogens (tertiary/aromatic N) is 1. The first kappa shape index (κ1) is 15.9. The number of rotatable bonds is 4. The molecule has 1 aliphatic heterocycles. The molecular weight excluding hydrogens is 248 g/mol. The Morgan fingerprint density at radius 3 is 2.44 bits per heavy atom. The van der Waals surface area contributed by atoms with Gasteiger partial charge in [0.1, 0.15) is 0 Å². The average molecular weight is 276 g/mol. The quantitative estimate of drug-likeness (QED) is 0.840. The van der Waals surface area contributed by atoms with Gasteiger partial charge in [-0.2, -0.15) is 0 Å². The molecular formula is C13H28N2O2S. The minimum Gasteiger partial charge on any atom is -0.311 e. The van der Waals surface area contributed by atoms with E-state index in [1.807, 2.05) is 0 Å². The van der Waals surface area contributed by atoms with Crippen LogP contribution >= 0.6 is 0 Å². The van der Waals surface area contributed by atoms with Crippen molar-refractivity contribution in [1.29, 1.82) is 0 Å². The highest BCUT2D eigenvalue weighted by molar-refractivity contribution is 7.92. The van der Waals surface area contributed by atoms with Crippen LogP contribution in [0.2, 0.25) is 0 Å². The molecule has 1 rings (SSSR count). The Balaban J connectivity index is 2.57. The zero-order valence-electron chi connectivity index (χ0n) is 12.4. The highest BCUT2D eigenvalue weighted by Crippen LogP contribution is 2.17. The van der Waals surface area contributed by atoms with Gasteiger partial charge in [-0.1, -0.05) is 6.92 Å². The molecule has 0 aromatic carbocycles. The molecule has 1 aliphatic rings. The number of hydrogen-bond donors (Lipinski definition) is 1. The van der Waals surface area contributed by atoms with Gasteiger partial charge in [0.25, 0.3) is 0 Å². The van der Waals surface area contributed by atoms with Gasteiger partial charge in [0.2, 0.25) is 0 Å². The first-order valence-electron chi connectivity index (χ1n) is 6.87. The highest BCUT2D eigenvalue weighted by atomic mass is 32.2. The van der Waals surface area contributed by atoms with Crippen LogP contribution < -0.4 is 5.32 Å². The van der Waals surface area contributed by atoms with Gasteiger partial charge in [-0.3, -0.25) is 4.90 Å². The molecule has 0 saturated carbocycles. The van der Waals surface area contributed by atoms with Gasteiger partial charge in [-0.15, -0.1) is 0 Å². The normalized spacial score (nSPS) is 27.4. The summed E-state index contributed by atoms with van der Waals surface area (Å²) >= 11 is 0. The van der Waals surface area contributed by atoms with Crippen molar-refractivity contribution in [3.63, 3.8) is 0 Å². The highest BCUT2D eigenvalue weighted by Gasteiger charge is 2.31. The fraction of sp³-hybridized carbons (Fsp3) is 1.00. The lowest BCUT2D eigenvalue weighted by molar-refractivity contribution is 0.147. The molecule has 0 amide bonds. The van der Waals surface area contributed by atoms with Crippen LogP contribution in [0.5, 0.6) is 0 Å². The molecule has 0 aromatic heterocycles. The topological polar surface area (TPSA) is 49.4 Å². The van der Waals surface area contributed by atoms with Gasteiger partial charge in [0.05, 0.1) is 10.5 Å². The smallest absolute Gasteiger partial charge is 0.156 e. The molecule has 1 N–H and O–H groups in total. The maximum Gasteiger partial charge on any atom is 0.156 e. The summed E-state index contributed by atoms with van der Waals surface area (Å²) in [7, 11) is -3.01. The second kappa shape index (κ2) is 5.88. The number of nitrogens with one attached hydrogen (secondary N) is 1. The minimum atomic E-state index is -3.01. The van der Waals surface area contributed by atoms with Gasteiger partial charge >= 0.3 is 0 Å². The molecule has 5 heteroatoms. The molecule has 108 valence electrons. The zero-order chi connectivity index (χ0) is 14.0. The van der Waals surface area contributed by atoms with E-state index in [9.17, 15) is 8.42 Å². The number of piperazine rings is 1. The summed E-state index contributed by atoms with van der Waals surface area (Å²) in [6.45, 7) is 12.2. The molecule has 1 fully saturated rings. The summed E-state index contributed by atoms with van der Waals surface area (Å²) < 4.78 is 23.6. The predicted octanol–water partition coefficient (Wildman–Crippen LogP) is 1.27. The molecule has 0 bridgehead atoms. The maximum atomic E-state index is 12.1. The van der Waals surface area contributed by atoms with E-state index in [1.54, 1.807) is 20.8 Å². The summed E-state index contributed by atoms with van der Waals surface area (Å²) in [6.07, 6.45) is 1.09. The third-order valence-corrected chi connectivity index (χ3v) is 6.44.